The molecule has 4 aliphatic rings. The normalized spacial score (nSPS) is 45.3. The summed E-state index contributed by atoms with van der Waals surface area (Å²) in [6, 6.07) is 9.23. The van der Waals surface area contributed by atoms with E-state index in [0.29, 0.717) is 44.3 Å². The maximum absolute atomic E-state index is 17.1. The Labute approximate surface area is 189 Å². The first-order chi connectivity index (χ1) is 15.1. The Morgan fingerprint density at radius 1 is 1.12 bits per heavy atom. The molecule has 0 bridgehead atoms. The summed E-state index contributed by atoms with van der Waals surface area (Å²) >= 11 is 0. The summed E-state index contributed by atoms with van der Waals surface area (Å²) in [5, 5.41) is 23.3. The highest BCUT2D eigenvalue weighted by atomic mass is 19.1. The van der Waals surface area contributed by atoms with Crippen LogP contribution < -0.4 is 4.74 Å². The van der Waals surface area contributed by atoms with Crippen molar-refractivity contribution in [3.8, 4) is 5.75 Å². The van der Waals surface area contributed by atoms with Crippen molar-refractivity contribution in [3.63, 3.8) is 0 Å². The summed E-state index contributed by atoms with van der Waals surface area (Å²) in [4.78, 5) is 12.0. The summed E-state index contributed by atoms with van der Waals surface area (Å²) in [6.07, 6.45) is 3.60. The second-order valence-corrected chi connectivity index (χ2v) is 10.9. The highest BCUT2D eigenvalue weighted by Gasteiger charge is 2.73. The van der Waals surface area contributed by atoms with Crippen LogP contribution in [0.25, 0.3) is 0 Å². The largest absolute Gasteiger partial charge is 0.459 e. The molecule has 4 nitrogen and oxygen atoms in total. The number of hydrogen-bond acceptors (Lipinski definition) is 4. The van der Waals surface area contributed by atoms with Crippen LogP contribution in [0.1, 0.15) is 58.8 Å². The monoisotopic (exact) mass is 440 g/mol. The van der Waals surface area contributed by atoms with Crippen molar-refractivity contribution in [1.82, 2.24) is 0 Å². The van der Waals surface area contributed by atoms with Gasteiger partial charge in [0.25, 0.3) is 0 Å². The summed E-state index contributed by atoms with van der Waals surface area (Å²) < 4.78 is 23.1. The van der Waals surface area contributed by atoms with Crippen molar-refractivity contribution in [3.05, 3.63) is 54.3 Å². The molecule has 2 N–H and O–H groups in total. The Kier molecular flexibility index (Phi) is 4.78. The number of aliphatic hydroxyl groups is 2. The first-order valence-corrected chi connectivity index (χ1v) is 11.8. The van der Waals surface area contributed by atoms with E-state index in [2.05, 4.69) is 6.58 Å². The molecule has 0 amide bonds. The fourth-order valence-corrected chi connectivity index (χ4v) is 7.75. The maximum Gasteiger partial charge on any atom is 0.155 e. The van der Waals surface area contributed by atoms with Crippen LogP contribution in [0.3, 0.4) is 0 Å². The van der Waals surface area contributed by atoms with Crippen LogP contribution in [0, 0.1) is 22.7 Å². The predicted octanol–water partition coefficient (Wildman–Crippen LogP) is 4.91. The van der Waals surface area contributed by atoms with E-state index < -0.39 is 28.2 Å². The summed E-state index contributed by atoms with van der Waals surface area (Å²) in [7, 11) is 0. The Balaban J connectivity index is 1.50. The van der Waals surface area contributed by atoms with E-state index >= 15 is 4.39 Å². The molecular formula is C27H33FO4. The third-order valence-corrected chi connectivity index (χ3v) is 9.64. The molecule has 5 heteroatoms. The topological polar surface area (TPSA) is 66.8 Å². The van der Waals surface area contributed by atoms with Gasteiger partial charge in [0.05, 0.1) is 6.10 Å². The van der Waals surface area contributed by atoms with Crippen molar-refractivity contribution < 1.29 is 24.1 Å². The Hall–Kier alpha value is -1.98. The second-order valence-electron chi connectivity index (χ2n) is 10.9. The van der Waals surface area contributed by atoms with Crippen molar-refractivity contribution in [2.45, 2.75) is 76.2 Å². The number of alkyl halides is 1. The molecule has 1 aromatic carbocycles. The zero-order valence-corrected chi connectivity index (χ0v) is 18.9. The maximum atomic E-state index is 17.1. The molecule has 1 aromatic rings. The molecule has 0 saturated heterocycles. The number of carbonyl (C=O) groups is 1. The van der Waals surface area contributed by atoms with Crippen LogP contribution in [0.5, 0.6) is 5.75 Å². The molecule has 1 unspecified atom stereocenters. The molecule has 5 rings (SSSR count). The highest BCUT2D eigenvalue weighted by Crippen LogP contribution is 2.71. The zero-order valence-electron chi connectivity index (χ0n) is 18.9. The van der Waals surface area contributed by atoms with Gasteiger partial charge in [0.15, 0.2) is 5.78 Å². The van der Waals surface area contributed by atoms with Crippen LogP contribution in [-0.4, -0.2) is 33.4 Å². The number of rotatable bonds is 3. The van der Waals surface area contributed by atoms with Gasteiger partial charge in [0.1, 0.15) is 22.8 Å². The van der Waals surface area contributed by atoms with Gasteiger partial charge < -0.3 is 14.9 Å². The summed E-state index contributed by atoms with van der Waals surface area (Å²) in [6.45, 7) is 7.93. The van der Waals surface area contributed by atoms with E-state index in [-0.39, 0.29) is 29.8 Å². The quantitative estimate of drug-likeness (QED) is 0.656. The fourth-order valence-electron chi connectivity index (χ4n) is 7.75. The van der Waals surface area contributed by atoms with Crippen molar-refractivity contribution in [2.24, 2.45) is 22.7 Å². The first kappa shape index (κ1) is 21.8. The number of aliphatic hydroxyl groups excluding tert-OH is 1. The lowest BCUT2D eigenvalue weighted by Gasteiger charge is -2.63. The minimum absolute atomic E-state index is 0.0549. The van der Waals surface area contributed by atoms with Gasteiger partial charge in [-0.1, -0.05) is 44.2 Å². The number of para-hydroxylation sites is 1. The van der Waals surface area contributed by atoms with E-state index in [1.54, 1.807) is 6.08 Å². The van der Waals surface area contributed by atoms with E-state index in [1.807, 2.05) is 44.2 Å². The molecule has 0 spiro atoms. The molecule has 4 aliphatic carbocycles. The SMILES string of the molecule is C=C(Oc1ccccc1)[C@@]1(O)CC[C@H]2[C@@H]3CCC4=CC(=O)CC[C@]4(C)[C@@]3(F)C(O)C[C@@]21C. The molecule has 0 radical (unpaired) electrons. The van der Waals surface area contributed by atoms with Gasteiger partial charge in [-0.15, -0.1) is 0 Å². The van der Waals surface area contributed by atoms with Gasteiger partial charge in [-0.25, -0.2) is 4.39 Å². The smallest absolute Gasteiger partial charge is 0.155 e. The van der Waals surface area contributed by atoms with Gasteiger partial charge in [-0.2, -0.15) is 0 Å². The van der Waals surface area contributed by atoms with E-state index in [4.69, 9.17) is 4.74 Å². The lowest BCUT2D eigenvalue weighted by molar-refractivity contribution is -0.225. The van der Waals surface area contributed by atoms with Gasteiger partial charge in [-0.3, -0.25) is 4.79 Å². The number of halogens is 1. The Morgan fingerprint density at radius 3 is 2.56 bits per heavy atom. The number of allylic oxidation sites excluding steroid dienone is 1. The molecule has 0 heterocycles. The Bertz CT molecular complexity index is 989. The third-order valence-electron chi connectivity index (χ3n) is 9.64. The molecule has 3 fully saturated rings. The standard InChI is InChI=1S/C27H33FO4/c1-17(32-20-7-5-4-6-8-20)26(31)14-12-21-22-10-9-18-15-19(29)11-13-24(18,2)27(22,28)23(30)16-25(21,26)3/h4-8,15,21-23,30-31H,1,9-14,16H2,2-3H3/t21-,22-,23?,24-,25-,26-,27-/m0/s1. The minimum Gasteiger partial charge on any atom is -0.459 e. The zero-order chi connectivity index (χ0) is 22.9. The average Bonchev–Trinajstić information content (AvgIpc) is 3.02. The molecule has 3 saturated carbocycles. The van der Waals surface area contributed by atoms with Crippen LogP contribution in [0.4, 0.5) is 4.39 Å². The van der Waals surface area contributed by atoms with Crippen molar-refractivity contribution >= 4 is 5.78 Å². The number of fused-ring (bicyclic) bond motifs is 5. The lowest BCUT2D eigenvalue weighted by atomic mass is 9.44. The molecular weight excluding hydrogens is 407 g/mol. The predicted molar refractivity (Wildman–Crippen MR) is 120 cm³/mol. The van der Waals surface area contributed by atoms with Gasteiger partial charge in [0, 0.05) is 23.2 Å². The molecule has 172 valence electrons. The van der Waals surface area contributed by atoms with Crippen LogP contribution in [0.2, 0.25) is 0 Å². The average molecular weight is 441 g/mol. The summed E-state index contributed by atoms with van der Waals surface area (Å²) in [5.74, 6) is 0.427. The number of ether oxygens (including phenoxy) is 1. The van der Waals surface area contributed by atoms with Gasteiger partial charge in [-0.05, 0) is 62.7 Å². The highest BCUT2D eigenvalue weighted by molar-refractivity contribution is 5.91. The number of carbonyl (C=O) groups excluding carboxylic acids is 1. The number of ketones is 1. The number of benzene rings is 1. The third kappa shape index (κ3) is 2.64. The van der Waals surface area contributed by atoms with E-state index in [1.165, 1.54) is 0 Å². The first-order valence-electron chi connectivity index (χ1n) is 11.8. The lowest BCUT2D eigenvalue weighted by Crippen LogP contribution is -2.69. The van der Waals surface area contributed by atoms with E-state index in [0.717, 1.165) is 5.57 Å². The van der Waals surface area contributed by atoms with Gasteiger partial charge in [0.2, 0.25) is 0 Å². The van der Waals surface area contributed by atoms with E-state index in [9.17, 15) is 15.0 Å². The molecule has 7 atom stereocenters. The molecule has 0 aromatic heterocycles. The minimum atomic E-state index is -1.81. The number of hydrogen-bond donors (Lipinski definition) is 2. The van der Waals surface area contributed by atoms with Crippen LogP contribution in [-0.2, 0) is 4.79 Å². The molecule has 0 aliphatic heterocycles. The Morgan fingerprint density at radius 2 is 1.84 bits per heavy atom. The van der Waals surface area contributed by atoms with Gasteiger partial charge >= 0.3 is 0 Å². The van der Waals surface area contributed by atoms with Crippen LogP contribution >= 0.6 is 0 Å². The second kappa shape index (κ2) is 7.01. The van der Waals surface area contributed by atoms with Crippen molar-refractivity contribution in [2.75, 3.05) is 0 Å². The fraction of sp³-hybridized carbons (Fsp3) is 0.593. The van der Waals surface area contributed by atoms with Crippen molar-refractivity contribution in [1.29, 1.82) is 0 Å². The van der Waals surface area contributed by atoms with Crippen LogP contribution in [0.15, 0.2) is 54.3 Å². The summed E-state index contributed by atoms with van der Waals surface area (Å²) in [5.41, 5.74) is -3.91. The molecule has 32 heavy (non-hydrogen) atoms.